The Kier molecular flexibility index (Phi) is 9.02. The molecule has 1 aliphatic heterocycles. The highest BCUT2D eigenvalue weighted by Crippen LogP contribution is 2.28. The van der Waals surface area contributed by atoms with Crippen molar-refractivity contribution in [2.45, 2.75) is 37.5 Å². The Morgan fingerprint density at radius 3 is 2.44 bits per heavy atom. The maximum absolute atomic E-state index is 13.1. The number of nitrogens with zero attached hydrogens (tertiary/aromatic N) is 3. The number of hydrogen-bond donors (Lipinski definition) is 2. The molecule has 0 radical (unpaired) electrons. The molecule has 1 aliphatic rings. The van der Waals surface area contributed by atoms with E-state index in [-0.39, 0.29) is 18.6 Å². The molecule has 1 saturated heterocycles. The second-order valence-electron chi connectivity index (χ2n) is 9.89. The van der Waals surface area contributed by atoms with Crippen LogP contribution in [0.2, 0.25) is 0 Å². The molecule has 0 spiro atoms. The molecule has 3 N–H and O–H groups in total. The van der Waals surface area contributed by atoms with Crippen molar-refractivity contribution in [2.75, 3.05) is 25.2 Å². The van der Waals surface area contributed by atoms with E-state index in [2.05, 4.69) is 15.5 Å². The lowest BCUT2D eigenvalue weighted by molar-refractivity contribution is -0.119. The van der Waals surface area contributed by atoms with Crippen LogP contribution >= 0.6 is 0 Å². The predicted octanol–water partition coefficient (Wildman–Crippen LogP) is 4.07. The number of methoxy groups -OCH3 is 1. The molecule has 0 unspecified atom stereocenters. The van der Waals surface area contributed by atoms with Gasteiger partial charge in [-0.15, -0.1) is 10.2 Å². The van der Waals surface area contributed by atoms with Gasteiger partial charge in [-0.25, -0.2) is 4.79 Å². The van der Waals surface area contributed by atoms with Crippen molar-refractivity contribution in [2.24, 2.45) is 5.73 Å². The van der Waals surface area contributed by atoms with E-state index in [9.17, 15) is 9.59 Å². The van der Waals surface area contributed by atoms with Gasteiger partial charge in [0.1, 0.15) is 12.1 Å². The monoisotopic (exact) mass is 555 g/mol. The van der Waals surface area contributed by atoms with Gasteiger partial charge in [0.15, 0.2) is 0 Å². The normalized spacial score (nSPS) is 17.5. The molecule has 4 aromatic rings. The predicted molar refractivity (Wildman–Crippen MR) is 153 cm³/mol. The van der Waals surface area contributed by atoms with E-state index in [4.69, 9.17) is 19.6 Å². The molecule has 0 bridgehead atoms. The van der Waals surface area contributed by atoms with Gasteiger partial charge in [-0.3, -0.25) is 9.69 Å². The number of nitrogens with two attached hydrogens (primary N) is 1. The summed E-state index contributed by atoms with van der Waals surface area (Å²) in [5, 5.41) is 11.0. The third kappa shape index (κ3) is 6.79. The van der Waals surface area contributed by atoms with Crippen LogP contribution in [0.15, 0.2) is 89.7 Å². The SMILES string of the molecule is COC(=O)N(c1ccccc1CC[C@@H]1CN[C@H](c2nnco2)CO1)[C@@H](Cc1ccc(-c2ccccc2)cc1)C(N)=O. The number of nitrogens with one attached hydrogen (secondary N) is 1. The maximum Gasteiger partial charge on any atom is 0.414 e. The van der Waals surface area contributed by atoms with Crippen LogP contribution in [-0.2, 0) is 27.1 Å². The fourth-order valence-corrected chi connectivity index (χ4v) is 5.07. The van der Waals surface area contributed by atoms with Gasteiger partial charge in [-0.2, -0.15) is 0 Å². The summed E-state index contributed by atoms with van der Waals surface area (Å²) in [6, 6.07) is 24.3. The van der Waals surface area contributed by atoms with Gasteiger partial charge in [0.2, 0.25) is 18.2 Å². The second kappa shape index (κ2) is 13.2. The molecule has 2 heterocycles. The van der Waals surface area contributed by atoms with Gasteiger partial charge in [0.25, 0.3) is 0 Å². The molecule has 0 aliphatic carbocycles. The Bertz CT molecular complexity index is 1420. The van der Waals surface area contributed by atoms with E-state index < -0.39 is 18.0 Å². The fraction of sp³-hybridized carbons (Fsp3) is 0.290. The number of carbonyl (C=O) groups is 2. The van der Waals surface area contributed by atoms with Crippen molar-refractivity contribution in [3.8, 4) is 11.1 Å². The van der Waals surface area contributed by atoms with Crippen molar-refractivity contribution >= 4 is 17.7 Å². The number of amides is 2. The lowest BCUT2D eigenvalue weighted by Crippen LogP contribution is -2.50. The highest BCUT2D eigenvalue weighted by Gasteiger charge is 2.33. The summed E-state index contributed by atoms with van der Waals surface area (Å²) >= 11 is 0. The lowest BCUT2D eigenvalue weighted by atomic mass is 9.98. The van der Waals surface area contributed by atoms with Crippen molar-refractivity contribution in [3.05, 3.63) is 102 Å². The first-order valence-electron chi connectivity index (χ1n) is 13.5. The standard InChI is InChI=1S/C31H33N5O5/c1-39-31(38)36(28(29(32)37)17-21-11-13-23(14-12-21)22-7-3-2-4-8-22)27-10-6-5-9-24(27)15-16-25-18-33-26(19-40-25)30-35-34-20-41-30/h2-14,20,25-26,28,33H,15-19H2,1H3,(H2,32,37)/t25-,26+,28+/m1/s1. The first kappa shape index (κ1) is 28.0. The number of rotatable bonds is 10. The number of morpholine rings is 1. The number of para-hydroxylation sites is 1. The largest absolute Gasteiger partial charge is 0.452 e. The lowest BCUT2D eigenvalue weighted by Gasteiger charge is -2.31. The summed E-state index contributed by atoms with van der Waals surface area (Å²) in [5.41, 5.74) is 10.4. The highest BCUT2D eigenvalue weighted by molar-refractivity contribution is 5.97. The molecule has 3 aromatic carbocycles. The molecule has 0 saturated carbocycles. The molecule has 1 fully saturated rings. The van der Waals surface area contributed by atoms with Gasteiger partial charge < -0.3 is 24.9 Å². The molecular weight excluding hydrogens is 522 g/mol. The summed E-state index contributed by atoms with van der Waals surface area (Å²) < 4.78 is 16.4. The summed E-state index contributed by atoms with van der Waals surface area (Å²) in [4.78, 5) is 27.3. The van der Waals surface area contributed by atoms with E-state index in [1.807, 2.05) is 78.9 Å². The van der Waals surface area contributed by atoms with Crippen molar-refractivity contribution < 1.29 is 23.5 Å². The molecule has 10 heteroatoms. The second-order valence-corrected chi connectivity index (χ2v) is 9.89. The zero-order chi connectivity index (χ0) is 28.6. The minimum absolute atomic E-state index is 0.0520. The minimum atomic E-state index is -0.950. The van der Waals surface area contributed by atoms with Crippen LogP contribution in [0.3, 0.4) is 0 Å². The molecule has 3 atom stereocenters. The number of benzene rings is 3. The number of carbonyl (C=O) groups excluding carboxylic acids is 2. The van der Waals surface area contributed by atoms with Crippen LogP contribution in [-0.4, -0.2) is 54.6 Å². The van der Waals surface area contributed by atoms with E-state index >= 15 is 0 Å². The molecule has 10 nitrogen and oxygen atoms in total. The fourth-order valence-electron chi connectivity index (χ4n) is 5.07. The number of primary amides is 1. The van der Waals surface area contributed by atoms with Gasteiger partial charge in [0.05, 0.1) is 25.5 Å². The van der Waals surface area contributed by atoms with E-state index in [1.54, 1.807) is 0 Å². The van der Waals surface area contributed by atoms with Gasteiger partial charge in [0, 0.05) is 13.0 Å². The quantitative estimate of drug-likeness (QED) is 0.299. The number of ether oxygens (including phenoxy) is 2. The van der Waals surface area contributed by atoms with Crippen molar-refractivity contribution in [1.29, 1.82) is 0 Å². The summed E-state index contributed by atoms with van der Waals surface area (Å²) in [7, 11) is 1.30. The van der Waals surface area contributed by atoms with Gasteiger partial charge in [-0.1, -0.05) is 72.8 Å². The Hall–Kier alpha value is -4.54. The highest BCUT2D eigenvalue weighted by atomic mass is 16.5. The van der Waals surface area contributed by atoms with Crippen LogP contribution in [0.5, 0.6) is 0 Å². The van der Waals surface area contributed by atoms with Crippen molar-refractivity contribution in [3.63, 3.8) is 0 Å². The first-order chi connectivity index (χ1) is 20.0. The molecule has 2 amide bonds. The Morgan fingerprint density at radius 1 is 1.05 bits per heavy atom. The van der Waals surface area contributed by atoms with Crippen LogP contribution in [0.1, 0.15) is 29.5 Å². The molecule has 212 valence electrons. The van der Waals surface area contributed by atoms with Crippen LogP contribution in [0.25, 0.3) is 11.1 Å². The Morgan fingerprint density at radius 2 is 1.78 bits per heavy atom. The van der Waals surface area contributed by atoms with Crippen LogP contribution in [0, 0.1) is 0 Å². The third-order valence-corrected chi connectivity index (χ3v) is 7.25. The Balaban J connectivity index is 1.31. The van der Waals surface area contributed by atoms with E-state index in [1.165, 1.54) is 18.4 Å². The number of aromatic nitrogens is 2. The average molecular weight is 556 g/mol. The summed E-state index contributed by atoms with van der Waals surface area (Å²) in [5.74, 6) is -0.126. The molecule has 41 heavy (non-hydrogen) atoms. The third-order valence-electron chi connectivity index (χ3n) is 7.25. The molecule has 5 rings (SSSR count). The van der Waals surface area contributed by atoms with Crippen molar-refractivity contribution in [1.82, 2.24) is 15.5 Å². The molecule has 1 aromatic heterocycles. The zero-order valence-corrected chi connectivity index (χ0v) is 22.8. The average Bonchev–Trinajstić information content (AvgIpc) is 3.56. The first-order valence-corrected chi connectivity index (χ1v) is 13.5. The zero-order valence-electron chi connectivity index (χ0n) is 22.8. The van der Waals surface area contributed by atoms with Gasteiger partial charge >= 0.3 is 6.09 Å². The smallest absolute Gasteiger partial charge is 0.414 e. The topological polar surface area (TPSA) is 133 Å². The summed E-state index contributed by atoms with van der Waals surface area (Å²) in [6.07, 6.45) is 2.13. The number of anilines is 1. The summed E-state index contributed by atoms with van der Waals surface area (Å²) in [6.45, 7) is 1.02. The molecular formula is C31H33N5O5. The number of aryl methyl sites for hydroxylation is 1. The van der Waals surface area contributed by atoms with E-state index in [0.717, 1.165) is 22.3 Å². The van der Waals surface area contributed by atoms with Crippen LogP contribution in [0.4, 0.5) is 10.5 Å². The van der Waals surface area contributed by atoms with Gasteiger partial charge in [-0.05, 0) is 41.2 Å². The maximum atomic E-state index is 13.1. The minimum Gasteiger partial charge on any atom is -0.452 e. The van der Waals surface area contributed by atoms with E-state index in [0.29, 0.717) is 37.6 Å². The van der Waals surface area contributed by atoms with Crippen LogP contribution < -0.4 is 16.0 Å². The Labute approximate surface area is 238 Å². The number of hydrogen-bond acceptors (Lipinski definition) is 8.